The molecule has 1 aromatic carbocycles. The average Bonchev–Trinajstić information content (AvgIpc) is 2.86. The van der Waals surface area contributed by atoms with Gasteiger partial charge in [0.2, 0.25) is 5.75 Å². The topological polar surface area (TPSA) is 86.5 Å². The van der Waals surface area contributed by atoms with Crippen molar-refractivity contribution in [1.82, 2.24) is 4.98 Å². The van der Waals surface area contributed by atoms with E-state index in [9.17, 15) is 10.1 Å². The summed E-state index contributed by atoms with van der Waals surface area (Å²) < 4.78 is 10.8. The first-order valence-corrected chi connectivity index (χ1v) is 6.87. The first kappa shape index (κ1) is 14.3. The van der Waals surface area contributed by atoms with Gasteiger partial charge in [-0.05, 0) is 6.42 Å². The van der Waals surface area contributed by atoms with Crippen molar-refractivity contribution in [3.8, 4) is 11.5 Å². The van der Waals surface area contributed by atoms with E-state index < -0.39 is 4.92 Å². The minimum absolute atomic E-state index is 0.0784. The van der Waals surface area contributed by atoms with E-state index in [-0.39, 0.29) is 11.4 Å². The van der Waals surface area contributed by atoms with Crippen molar-refractivity contribution in [3.05, 3.63) is 16.2 Å². The molecule has 20 heavy (non-hydrogen) atoms. The van der Waals surface area contributed by atoms with Crippen molar-refractivity contribution in [2.24, 2.45) is 0 Å². The average molecular weight is 297 g/mol. The standard InChI is InChI=1S/C12H15N3O4S/c1-4-5-13-12-14-9-7(18-2)6-8(19-3)10(15(16)17)11(9)20-12/h6H,4-5H2,1-3H3,(H,13,14). The van der Waals surface area contributed by atoms with E-state index in [4.69, 9.17) is 9.47 Å². The number of nitrogens with zero attached hydrogens (tertiary/aromatic N) is 2. The fourth-order valence-corrected chi connectivity index (χ4v) is 2.83. The zero-order valence-corrected chi connectivity index (χ0v) is 12.2. The first-order valence-electron chi connectivity index (χ1n) is 6.06. The zero-order valence-electron chi connectivity index (χ0n) is 11.4. The van der Waals surface area contributed by atoms with Gasteiger partial charge >= 0.3 is 5.69 Å². The predicted octanol–water partition coefficient (Wildman–Crippen LogP) is 3.04. The van der Waals surface area contributed by atoms with Crippen LogP contribution in [0.3, 0.4) is 0 Å². The van der Waals surface area contributed by atoms with Gasteiger partial charge in [0, 0.05) is 12.6 Å². The smallest absolute Gasteiger partial charge is 0.330 e. The third kappa shape index (κ3) is 2.46. The largest absolute Gasteiger partial charge is 0.494 e. The van der Waals surface area contributed by atoms with Crippen molar-refractivity contribution in [1.29, 1.82) is 0 Å². The van der Waals surface area contributed by atoms with Crippen LogP contribution in [0, 0.1) is 10.1 Å². The van der Waals surface area contributed by atoms with E-state index in [1.54, 1.807) is 0 Å². The number of fused-ring (bicyclic) bond motifs is 1. The number of anilines is 1. The molecule has 0 unspecified atom stereocenters. The lowest BCUT2D eigenvalue weighted by molar-refractivity contribution is -0.383. The molecular weight excluding hydrogens is 282 g/mol. The van der Waals surface area contributed by atoms with Gasteiger partial charge in [-0.25, -0.2) is 4.98 Å². The Bertz CT molecular complexity index is 641. The monoisotopic (exact) mass is 297 g/mol. The second-order valence-electron chi connectivity index (χ2n) is 4.01. The van der Waals surface area contributed by atoms with Gasteiger partial charge in [-0.2, -0.15) is 0 Å². The molecule has 1 N–H and O–H groups in total. The van der Waals surface area contributed by atoms with Gasteiger partial charge in [0.05, 0.1) is 19.1 Å². The van der Waals surface area contributed by atoms with Crippen molar-refractivity contribution < 1.29 is 14.4 Å². The molecule has 0 aliphatic carbocycles. The number of aromatic nitrogens is 1. The van der Waals surface area contributed by atoms with E-state index in [1.807, 2.05) is 6.92 Å². The van der Waals surface area contributed by atoms with Gasteiger partial charge in [0.15, 0.2) is 5.13 Å². The van der Waals surface area contributed by atoms with E-state index in [0.29, 0.717) is 21.1 Å². The number of thiazole rings is 1. The molecular formula is C12H15N3O4S. The summed E-state index contributed by atoms with van der Waals surface area (Å²) in [6.07, 6.45) is 0.943. The van der Waals surface area contributed by atoms with Crippen molar-refractivity contribution in [3.63, 3.8) is 0 Å². The number of ether oxygens (including phenoxy) is 2. The molecule has 108 valence electrons. The Balaban J connectivity index is 2.67. The van der Waals surface area contributed by atoms with Gasteiger partial charge in [-0.1, -0.05) is 18.3 Å². The third-order valence-electron chi connectivity index (χ3n) is 2.72. The van der Waals surface area contributed by atoms with E-state index >= 15 is 0 Å². The Morgan fingerprint density at radius 3 is 2.65 bits per heavy atom. The highest BCUT2D eigenvalue weighted by Crippen LogP contribution is 2.44. The number of hydrogen-bond acceptors (Lipinski definition) is 7. The minimum Gasteiger partial charge on any atom is -0.494 e. The van der Waals surface area contributed by atoms with Crippen LogP contribution in [0.4, 0.5) is 10.8 Å². The highest BCUT2D eigenvalue weighted by Gasteiger charge is 2.26. The van der Waals surface area contributed by atoms with E-state index in [0.717, 1.165) is 13.0 Å². The van der Waals surface area contributed by atoms with Crippen molar-refractivity contribution in [2.45, 2.75) is 13.3 Å². The summed E-state index contributed by atoms with van der Waals surface area (Å²) in [6, 6.07) is 1.49. The van der Waals surface area contributed by atoms with Crippen LogP contribution < -0.4 is 14.8 Å². The lowest BCUT2D eigenvalue weighted by Gasteiger charge is -2.05. The van der Waals surface area contributed by atoms with Crippen LogP contribution in [0.25, 0.3) is 10.2 Å². The Hall–Kier alpha value is -2.09. The third-order valence-corrected chi connectivity index (χ3v) is 3.74. The van der Waals surface area contributed by atoms with Gasteiger partial charge in [0.25, 0.3) is 0 Å². The molecule has 2 aromatic rings. The summed E-state index contributed by atoms with van der Waals surface area (Å²) in [5.74, 6) is 0.633. The van der Waals surface area contributed by atoms with Gasteiger partial charge in [0.1, 0.15) is 16.0 Å². The molecule has 0 saturated carbocycles. The number of nitrogens with one attached hydrogen (secondary N) is 1. The maximum absolute atomic E-state index is 11.3. The van der Waals surface area contributed by atoms with Gasteiger partial charge in [-0.15, -0.1) is 0 Å². The van der Waals surface area contributed by atoms with Crippen molar-refractivity contribution >= 4 is 32.4 Å². The quantitative estimate of drug-likeness (QED) is 0.651. The molecule has 0 bridgehead atoms. The molecule has 2 rings (SSSR count). The summed E-state index contributed by atoms with van der Waals surface area (Å²) in [5, 5.41) is 15.0. The normalized spacial score (nSPS) is 10.6. The van der Waals surface area contributed by atoms with Crippen LogP contribution in [0.2, 0.25) is 0 Å². The second kappa shape index (κ2) is 5.91. The number of nitro benzene ring substituents is 1. The molecule has 0 aliphatic rings. The zero-order chi connectivity index (χ0) is 14.7. The highest BCUT2D eigenvalue weighted by molar-refractivity contribution is 7.22. The van der Waals surface area contributed by atoms with Crippen molar-refractivity contribution in [2.75, 3.05) is 26.1 Å². The molecule has 7 nitrogen and oxygen atoms in total. The Labute approximate surface area is 119 Å². The summed E-state index contributed by atoms with van der Waals surface area (Å²) in [4.78, 5) is 15.2. The number of hydrogen-bond donors (Lipinski definition) is 1. The van der Waals surface area contributed by atoms with Crippen LogP contribution >= 0.6 is 11.3 Å². The molecule has 0 fully saturated rings. The molecule has 0 saturated heterocycles. The number of methoxy groups -OCH3 is 2. The van der Waals surface area contributed by atoms with Crippen LogP contribution in [0.15, 0.2) is 6.07 Å². The lowest BCUT2D eigenvalue weighted by atomic mass is 10.2. The lowest BCUT2D eigenvalue weighted by Crippen LogP contribution is -1.98. The Morgan fingerprint density at radius 1 is 1.40 bits per heavy atom. The van der Waals surface area contributed by atoms with Crippen LogP contribution in [-0.4, -0.2) is 30.7 Å². The fourth-order valence-electron chi connectivity index (χ4n) is 1.81. The summed E-state index contributed by atoms with van der Waals surface area (Å²) in [5.41, 5.74) is 0.397. The van der Waals surface area contributed by atoms with Crippen LogP contribution in [0.5, 0.6) is 11.5 Å². The van der Waals surface area contributed by atoms with Crippen LogP contribution in [0.1, 0.15) is 13.3 Å². The summed E-state index contributed by atoms with van der Waals surface area (Å²) in [7, 11) is 2.89. The van der Waals surface area contributed by atoms with E-state index in [2.05, 4.69) is 10.3 Å². The number of rotatable bonds is 6. The number of benzene rings is 1. The number of nitro groups is 1. The van der Waals surface area contributed by atoms with Gasteiger partial charge in [-0.3, -0.25) is 10.1 Å². The minimum atomic E-state index is -0.456. The molecule has 8 heteroatoms. The molecule has 1 aromatic heterocycles. The maximum atomic E-state index is 11.3. The SMILES string of the molecule is CCCNc1nc2c(OC)cc(OC)c([N+](=O)[O-])c2s1. The first-order chi connectivity index (χ1) is 9.62. The van der Waals surface area contributed by atoms with E-state index in [1.165, 1.54) is 31.6 Å². The Morgan fingerprint density at radius 2 is 2.10 bits per heavy atom. The molecule has 0 spiro atoms. The Kier molecular flexibility index (Phi) is 4.23. The fraction of sp³-hybridized carbons (Fsp3) is 0.417. The van der Waals surface area contributed by atoms with Gasteiger partial charge < -0.3 is 14.8 Å². The van der Waals surface area contributed by atoms with Crippen LogP contribution in [-0.2, 0) is 0 Å². The molecule has 1 heterocycles. The second-order valence-corrected chi connectivity index (χ2v) is 5.01. The molecule has 0 aliphatic heterocycles. The summed E-state index contributed by atoms with van der Waals surface area (Å²) in [6.45, 7) is 2.79. The molecule has 0 amide bonds. The molecule has 0 atom stereocenters. The summed E-state index contributed by atoms with van der Waals surface area (Å²) >= 11 is 1.23. The molecule has 0 radical (unpaired) electrons. The maximum Gasteiger partial charge on any atom is 0.330 e. The predicted molar refractivity (Wildman–Crippen MR) is 78.2 cm³/mol. The highest BCUT2D eigenvalue weighted by atomic mass is 32.1.